The van der Waals surface area contributed by atoms with Gasteiger partial charge in [0.2, 0.25) is 5.78 Å². The molecule has 0 radical (unpaired) electrons. The molecule has 1 aliphatic carbocycles. The number of ketones is 1. The molecule has 28 heavy (non-hydrogen) atoms. The molecule has 1 heterocycles. The van der Waals surface area contributed by atoms with Crippen molar-refractivity contribution in [2.24, 2.45) is 0 Å². The molecule has 0 unspecified atom stereocenters. The zero-order valence-corrected chi connectivity index (χ0v) is 17.4. The number of carbonyl (C=O) groups excluding carboxylic acids is 2. The number of nitrogens with zero attached hydrogens (tertiary/aromatic N) is 1. The van der Waals surface area contributed by atoms with E-state index in [-0.39, 0.29) is 24.4 Å². The second kappa shape index (κ2) is 7.82. The number of aromatic nitrogens is 1. The van der Waals surface area contributed by atoms with Gasteiger partial charge in [-0.05, 0) is 55.9 Å². The zero-order valence-electron chi connectivity index (χ0n) is 17.4. The van der Waals surface area contributed by atoms with Gasteiger partial charge in [-0.2, -0.15) is 0 Å². The zero-order chi connectivity index (χ0) is 20.5. The van der Waals surface area contributed by atoms with E-state index in [2.05, 4.69) is 25.3 Å². The molecular formula is C23H29NO4. The van der Waals surface area contributed by atoms with Crippen LogP contribution in [-0.2, 0) is 14.9 Å². The monoisotopic (exact) mass is 383 g/mol. The first-order chi connectivity index (χ1) is 13.2. The highest BCUT2D eigenvalue weighted by molar-refractivity contribution is 5.99. The maximum Gasteiger partial charge on any atom is 0.344 e. The van der Waals surface area contributed by atoms with Crippen LogP contribution in [0.2, 0.25) is 0 Å². The Balaban J connectivity index is 1.49. The fourth-order valence-electron chi connectivity index (χ4n) is 3.41. The molecule has 1 saturated carbocycles. The van der Waals surface area contributed by atoms with Crippen LogP contribution in [-0.4, -0.2) is 29.5 Å². The van der Waals surface area contributed by atoms with E-state index >= 15 is 0 Å². The van der Waals surface area contributed by atoms with Crippen LogP contribution in [0.15, 0.2) is 30.3 Å². The lowest BCUT2D eigenvalue weighted by molar-refractivity contribution is -0.144. The van der Waals surface area contributed by atoms with Gasteiger partial charge >= 0.3 is 5.97 Å². The molecule has 0 amide bonds. The first-order valence-corrected chi connectivity index (χ1v) is 9.77. The van der Waals surface area contributed by atoms with E-state index in [9.17, 15) is 9.59 Å². The third-order valence-corrected chi connectivity index (χ3v) is 5.14. The Morgan fingerprint density at radius 3 is 2.29 bits per heavy atom. The molecule has 5 nitrogen and oxygen atoms in total. The SMILES string of the molecule is Cc1cc(C(=O)COC(=O)COc2ccc(C(C)(C)C)cc2)c(C)n1C1CC1. The standard InChI is InChI=1S/C23H29NO4/c1-15-12-20(16(2)24(15)18-8-9-18)21(25)13-28-22(26)14-27-19-10-6-17(7-11-19)23(3,4)5/h6-7,10-12,18H,8-9,13-14H2,1-5H3. The normalized spacial score (nSPS) is 14.0. The van der Waals surface area contributed by atoms with Crippen molar-refractivity contribution in [3.8, 4) is 5.75 Å². The van der Waals surface area contributed by atoms with Crippen molar-refractivity contribution in [1.82, 2.24) is 4.57 Å². The number of benzene rings is 1. The molecule has 0 bridgehead atoms. The molecule has 1 aliphatic rings. The van der Waals surface area contributed by atoms with Crippen molar-refractivity contribution in [2.75, 3.05) is 13.2 Å². The summed E-state index contributed by atoms with van der Waals surface area (Å²) in [6.07, 6.45) is 2.32. The second-order valence-corrected chi connectivity index (χ2v) is 8.53. The summed E-state index contributed by atoms with van der Waals surface area (Å²) in [6, 6.07) is 10.1. The van der Waals surface area contributed by atoms with Gasteiger partial charge in [-0.1, -0.05) is 32.9 Å². The molecule has 0 spiro atoms. The molecule has 1 fully saturated rings. The van der Waals surface area contributed by atoms with Gasteiger partial charge < -0.3 is 14.0 Å². The molecule has 0 N–H and O–H groups in total. The number of Topliss-reactive ketones (excluding diaryl/α,β-unsaturated/α-hetero) is 1. The lowest BCUT2D eigenvalue weighted by Crippen LogP contribution is -2.20. The molecule has 3 rings (SSSR count). The van der Waals surface area contributed by atoms with E-state index in [0.717, 1.165) is 24.2 Å². The van der Waals surface area contributed by atoms with Crippen LogP contribution in [0, 0.1) is 13.8 Å². The summed E-state index contributed by atoms with van der Waals surface area (Å²) in [7, 11) is 0. The van der Waals surface area contributed by atoms with Gasteiger partial charge in [-0.3, -0.25) is 4.79 Å². The topological polar surface area (TPSA) is 57.5 Å². The molecule has 1 aromatic carbocycles. The van der Waals surface area contributed by atoms with E-state index in [0.29, 0.717) is 17.4 Å². The van der Waals surface area contributed by atoms with Gasteiger partial charge in [0.05, 0.1) is 0 Å². The van der Waals surface area contributed by atoms with E-state index in [1.807, 2.05) is 44.2 Å². The smallest absolute Gasteiger partial charge is 0.344 e. The quantitative estimate of drug-likeness (QED) is 0.520. The summed E-state index contributed by atoms with van der Waals surface area (Å²) in [6.45, 7) is 9.89. The Morgan fingerprint density at radius 1 is 1.07 bits per heavy atom. The molecule has 0 atom stereocenters. The van der Waals surface area contributed by atoms with Gasteiger partial charge in [-0.15, -0.1) is 0 Å². The number of aryl methyl sites for hydroxylation is 1. The van der Waals surface area contributed by atoms with Crippen LogP contribution in [0.25, 0.3) is 0 Å². The number of hydrogen-bond donors (Lipinski definition) is 0. The van der Waals surface area contributed by atoms with Gasteiger partial charge in [0.1, 0.15) is 5.75 Å². The van der Waals surface area contributed by atoms with Crippen molar-refractivity contribution in [1.29, 1.82) is 0 Å². The Morgan fingerprint density at radius 2 is 1.71 bits per heavy atom. The molecular weight excluding hydrogens is 354 g/mol. The Hall–Kier alpha value is -2.56. The van der Waals surface area contributed by atoms with E-state index in [1.165, 1.54) is 5.56 Å². The fourth-order valence-corrected chi connectivity index (χ4v) is 3.41. The van der Waals surface area contributed by atoms with Crippen molar-refractivity contribution >= 4 is 11.8 Å². The second-order valence-electron chi connectivity index (χ2n) is 8.53. The summed E-state index contributed by atoms with van der Waals surface area (Å²) >= 11 is 0. The van der Waals surface area contributed by atoms with Gasteiger partial charge in [0.15, 0.2) is 13.2 Å². The molecule has 0 aliphatic heterocycles. The predicted octanol–water partition coefficient (Wildman–Crippen LogP) is 4.54. The molecule has 2 aromatic rings. The fraction of sp³-hybridized carbons (Fsp3) is 0.478. The van der Waals surface area contributed by atoms with Crippen LogP contribution in [0.5, 0.6) is 5.75 Å². The highest BCUT2D eigenvalue weighted by Gasteiger charge is 2.28. The van der Waals surface area contributed by atoms with Crippen molar-refractivity contribution in [2.45, 2.75) is 58.9 Å². The lowest BCUT2D eigenvalue weighted by Gasteiger charge is -2.19. The summed E-state index contributed by atoms with van der Waals surface area (Å²) in [5, 5.41) is 0. The van der Waals surface area contributed by atoms with Crippen LogP contribution in [0.1, 0.15) is 67.0 Å². The number of carbonyl (C=O) groups is 2. The predicted molar refractivity (Wildman–Crippen MR) is 108 cm³/mol. The molecule has 0 saturated heterocycles. The van der Waals surface area contributed by atoms with Crippen LogP contribution < -0.4 is 4.74 Å². The minimum Gasteiger partial charge on any atom is -0.482 e. The third kappa shape index (κ3) is 4.64. The first kappa shape index (κ1) is 20.2. The number of hydrogen-bond acceptors (Lipinski definition) is 4. The van der Waals surface area contributed by atoms with Gasteiger partial charge in [0, 0.05) is 23.0 Å². The molecule has 1 aromatic heterocycles. The Labute approximate surface area is 166 Å². The van der Waals surface area contributed by atoms with Crippen LogP contribution in [0.4, 0.5) is 0 Å². The molecule has 5 heteroatoms. The Bertz CT molecular complexity index is 867. The highest BCUT2D eigenvalue weighted by Crippen LogP contribution is 2.38. The Kier molecular flexibility index (Phi) is 5.64. The largest absolute Gasteiger partial charge is 0.482 e. The van der Waals surface area contributed by atoms with Gasteiger partial charge in [-0.25, -0.2) is 4.79 Å². The number of esters is 1. The van der Waals surface area contributed by atoms with E-state index in [4.69, 9.17) is 9.47 Å². The van der Waals surface area contributed by atoms with Crippen LogP contribution in [0.3, 0.4) is 0 Å². The van der Waals surface area contributed by atoms with Crippen molar-refractivity contribution in [3.05, 3.63) is 52.8 Å². The minimum absolute atomic E-state index is 0.0623. The average Bonchev–Trinajstić information content (AvgIpc) is 3.42. The summed E-state index contributed by atoms with van der Waals surface area (Å²) in [4.78, 5) is 24.4. The van der Waals surface area contributed by atoms with E-state index in [1.54, 1.807) is 0 Å². The summed E-state index contributed by atoms with van der Waals surface area (Å²) < 4.78 is 12.8. The highest BCUT2D eigenvalue weighted by atomic mass is 16.6. The summed E-state index contributed by atoms with van der Waals surface area (Å²) in [5.74, 6) is -0.128. The lowest BCUT2D eigenvalue weighted by atomic mass is 9.87. The average molecular weight is 383 g/mol. The van der Waals surface area contributed by atoms with Gasteiger partial charge in [0.25, 0.3) is 0 Å². The van der Waals surface area contributed by atoms with Crippen LogP contribution >= 0.6 is 0 Å². The number of rotatable bonds is 7. The first-order valence-electron chi connectivity index (χ1n) is 9.77. The maximum atomic E-state index is 12.5. The minimum atomic E-state index is -0.552. The number of ether oxygens (including phenoxy) is 2. The maximum absolute atomic E-state index is 12.5. The third-order valence-electron chi connectivity index (χ3n) is 5.14. The molecule has 150 valence electrons. The van der Waals surface area contributed by atoms with E-state index < -0.39 is 5.97 Å². The van der Waals surface area contributed by atoms with Crippen molar-refractivity contribution in [3.63, 3.8) is 0 Å². The summed E-state index contributed by atoms with van der Waals surface area (Å²) in [5.41, 5.74) is 3.92. The van der Waals surface area contributed by atoms with Crippen molar-refractivity contribution < 1.29 is 19.1 Å².